The molecule has 0 fully saturated rings. The summed E-state index contributed by atoms with van der Waals surface area (Å²) in [6.07, 6.45) is -4.64. The molecule has 29 heavy (non-hydrogen) atoms. The van der Waals surface area contributed by atoms with E-state index in [9.17, 15) is 22.8 Å². The molecule has 0 radical (unpaired) electrons. The SMILES string of the molecule is CCOC(=O)C1=C(CSc2nnc(C(F)(F)F)n2C)NC(=O)N[C@H]1c1cccs1. The Balaban J connectivity index is 1.92. The number of aromatic nitrogens is 3. The third kappa shape index (κ3) is 4.56. The summed E-state index contributed by atoms with van der Waals surface area (Å²) in [5.74, 6) is -1.76. The number of carbonyl (C=O) groups is 2. The van der Waals surface area contributed by atoms with Crippen LogP contribution in [0.3, 0.4) is 0 Å². The second-order valence-corrected chi connectivity index (χ2v) is 7.73. The zero-order chi connectivity index (χ0) is 21.2. The van der Waals surface area contributed by atoms with E-state index in [4.69, 9.17) is 4.74 Å². The zero-order valence-electron chi connectivity index (χ0n) is 15.2. The Labute approximate surface area is 171 Å². The number of alkyl halides is 3. The molecule has 2 N–H and O–H groups in total. The molecule has 0 aromatic carbocycles. The molecular formula is C16H16F3N5O3S2. The van der Waals surface area contributed by atoms with Crippen LogP contribution in [-0.4, -0.2) is 39.1 Å². The molecule has 3 heterocycles. The molecular weight excluding hydrogens is 431 g/mol. The van der Waals surface area contributed by atoms with Crippen LogP contribution in [0.5, 0.6) is 0 Å². The number of amides is 2. The number of hydrogen-bond donors (Lipinski definition) is 2. The number of rotatable bonds is 6. The van der Waals surface area contributed by atoms with Crippen molar-refractivity contribution in [2.75, 3.05) is 12.4 Å². The predicted octanol–water partition coefficient (Wildman–Crippen LogP) is 2.86. The molecule has 2 aromatic rings. The smallest absolute Gasteiger partial charge is 0.451 e. The highest BCUT2D eigenvalue weighted by molar-refractivity contribution is 7.99. The van der Waals surface area contributed by atoms with E-state index in [-0.39, 0.29) is 28.8 Å². The number of esters is 1. The van der Waals surface area contributed by atoms with E-state index in [0.717, 1.165) is 21.2 Å². The third-order valence-electron chi connectivity index (χ3n) is 3.91. The molecule has 2 amide bonds. The number of carbonyl (C=O) groups excluding carboxylic acids is 2. The van der Waals surface area contributed by atoms with E-state index in [0.29, 0.717) is 0 Å². The molecule has 1 aliphatic rings. The first-order valence-corrected chi connectivity index (χ1v) is 10.2. The lowest BCUT2D eigenvalue weighted by molar-refractivity contribution is -0.147. The molecule has 0 saturated carbocycles. The summed E-state index contributed by atoms with van der Waals surface area (Å²) < 4.78 is 44.6. The van der Waals surface area contributed by atoms with Crippen LogP contribution in [0, 0.1) is 0 Å². The molecule has 3 rings (SSSR count). The first-order valence-electron chi connectivity index (χ1n) is 8.32. The maximum atomic E-state index is 12.9. The van der Waals surface area contributed by atoms with Crippen molar-refractivity contribution in [2.24, 2.45) is 7.05 Å². The Bertz CT molecular complexity index is 940. The van der Waals surface area contributed by atoms with Crippen molar-refractivity contribution in [2.45, 2.75) is 24.3 Å². The van der Waals surface area contributed by atoms with Crippen LogP contribution in [0.15, 0.2) is 33.9 Å². The average Bonchev–Trinajstić information content (AvgIpc) is 3.29. The Morgan fingerprint density at radius 2 is 2.17 bits per heavy atom. The highest BCUT2D eigenvalue weighted by Gasteiger charge is 2.38. The van der Waals surface area contributed by atoms with E-state index in [1.807, 2.05) is 0 Å². The van der Waals surface area contributed by atoms with Crippen molar-refractivity contribution in [3.8, 4) is 0 Å². The molecule has 0 saturated heterocycles. The van der Waals surface area contributed by atoms with Crippen molar-refractivity contribution >= 4 is 35.1 Å². The lowest BCUT2D eigenvalue weighted by Gasteiger charge is -2.28. The molecule has 0 aliphatic carbocycles. The third-order valence-corrected chi connectivity index (χ3v) is 5.89. The lowest BCUT2D eigenvalue weighted by Crippen LogP contribution is -2.46. The lowest BCUT2D eigenvalue weighted by atomic mass is 10.0. The quantitative estimate of drug-likeness (QED) is 0.522. The van der Waals surface area contributed by atoms with Gasteiger partial charge in [-0.1, -0.05) is 17.8 Å². The van der Waals surface area contributed by atoms with Crippen LogP contribution in [0.1, 0.15) is 23.7 Å². The van der Waals surface area contributed by atoms with Crippen LogP contribution < -0.4 is 10.6 Å². The molecule has 156 valence electrons. The Morgan fingerprint density at radius 3 is 2.76 bits per heavy atom. The summed E-state index contributed by atoms with van der Waals surface area (Å²) in [4.78, 5) is 25.4. The van der Waals surface area contributed by atoms with Crippen LogP contribution in [0.25, 0.3) is 0 Å². The number of nitrogens with one attached hydrogen (secondary N) is 2. The molecule has 0 bridgehead atoms. The van der Waals surface area contributed by atoms with Gasteiger partial charge in [-0.2, -0.15) is 13.2 Å². The van der Waals surface area contributed by atoms with Crippen molar-refractivity contribution in [3.05, 3.63) is 39.5 Å². The fourth-order valence-corrected chi connectivity index (χ4v) is 4.34. The van der Waals surface area contributed by atoms with Gasteiger partial charge in [-0.3, -0.25) is 0 Å². The van der Waals surface area contributed by atoms with Crippen LogP contribution in [0.4, 0.5) is 18.0 Å². The van der Waals surface area contributed by atoms with Gasteiger partial charge < -0.3 is 19.9 Å². The maximum Gasteiger partial charge on any atom is 0.451 e. The highest BCUT2D eigenvalue weighted by atomic mass is 32.2. The minimum atomic E-state index is -4.64. The standard InChI is InChI=1S/C16H16F3N5O3S2/c1-3-27-12(25)10-8(20-14(26)21-11(10)9-5-4-6-28-9)7-29-15-23-22-13(24(15)2)16(17,18)19/h4-6,11H,3,7H2,1-2H3,(H2,20,21,26)/t11-/m0/s1. The van der Waals surface area contributed by atoms with Gasteiger partial charge in [0.2, 0.25) is 5.82 Å². The summed E-state index contributed by atoms with van der Waals surface area (Å²) >= 11 is 2.27. The van der Waals surface area contributed by atoms with E-state index in [1.54, 1.807) is 24.4 Å². The number of thioether (sulfide) groups is 1. The van der Waals surface area contributed by atoms with Crippen LogP contribution in [-0.2, 0) is 22.8 Å². The summed E-state index contributed by atoms with van der Waals surface area (Å²) in [6, 6.07) is 2.30. The van der Waals surface area contributed by atoms with Gasteiger partial charge in [-0.05, 0) is 18.4 Å². The second kappa shape index (κ2) is 8.45. The first kappa shape index (κ1) is 21.2. The Hall–Kier alpha value is -2.54. The van der Waals surface area contributed by atoms with Crippen LogP contribution >= 0.6 is 23.1 Å². The monoisotopic (exact) mass is 447 g/mol. The van der Waals surface area contributed by atoms with Gasteiger partial charge in [0, 0.05) is 23.4 Å². The Morgan fingerprint density at radius 1 is 1.41 bits per heavy atom. The molecule has 0 spiro atoms. The summed E-state index contributed by atoms with van der Waals surface area (Å²) in [5, 5.41) is 13.8. The largest absolute Gasteiger partial charge is 0.463 e. The molecule has 0 unspecified atom stereocenters. The predicted molar refractivity (Wildman–Crippen MR) is 99.1 cm³/mol. The first-order chi connectivity index (χ1) is 13.7. The van der Waals surface area contributed by atoms with Gasteiger partial charge in [0.1, 0.15) is 0 Å². The van der Waals surface area contributed by atoms with Crippen molar-refractivity contribution in [3.63, 3.8) is 0 Å². The fourth-order valence-electron chi connectivity index (χ4n) is 2.67. The van der Waals surface area contributed by atoms with E-state index in [1.165, 1.54) is 18.4 Å². The number of urea groups is 1. The van der Waals surface area contributed by atoms with E-state index < -0.39 is 30.0 Å². The number of hydrogen-bond acceptors (Lipinski definition) is 7. The van der Waals surface area contributed by atoms with E-state index in [2.05, 4.69) is 20.8 Å². The van der Waals surface area contributed by atoms with Gasteiger partial charge in [-0.25, -0.2) is 9.59 Å². The second-order valence-electron chi connectivity index (χ2n) is 5.81. The summed E-state index contributed by atoms with van der Waals surface area (Å²) in [5.41, 5.74) is 0.437. The molecule has 13 heteroatoms. The normalized spacial score (nSPS) is 17.1. The number of halogens is 3. The molecule has 1 atom stereocenters. The number of ether oxygens (including phenoxy) is 1. The number of thiophene rings is 1. The van der Waals surface area contributed by atoms with Gasteiger partial charge >= 0.3 is 18.2 Å². The van der Waals surface area contributed by atoms with Gasteiger partial charge in [0.05, 0.1) is 18.2 Å². The summed E-state index contributed by atoms with van der Waals surface area (Å²) in [7, 11) is 1.20. The van der Waals surface area contributed by atoms with E-state index >= 15 is 0 Å². The van der Waals surface area contributed by atoms with Crippen LogP contribution in [0.2, 0.25) is 0 Å². The van der Waals surface area contributed by atoms with Crippen molar-refractivity contribution in [1.82, 2.24) is 25.4 Å². The van der Waals surface area contributed by atoms with Gasteiger partial charge in [-0.15, -0.1) is 21.5 Å². The fraction of sp³-hybridized carbons (Fsp3) is 0.375. The number of nitrogens with zero attached hydrogens (tertiary/aromatic N) is 3. The van der Waals surface area contributed by atoms with Gasteiger partial charge in [0.25, 0.3) is 0 Å². The van der Waals surface area contributed by atoms with Crippen molar-refractivity contribution < 1.29 is 27.5 Å². The van der Waals surface area contributed by atoms with Crippen molar-refractivity contribution in [1.29, 1.82) is 0 Å². The average molecular weight is 447 g/mol. The molecule has 1 aliphatic heterocycles. The minimum Gasteiger partial charge on any atom is -0.463 e. The molecule has 8 nitrogen and oxygen atoms in total. The van der Waals surface area contributed by atoms with Gasteiger partial charge in [0.15, 0.2) is 5.16 Å². The molecule has 2 aromatic heterocycles. The summed E-state index contributed by atoms with van der Waals surface area (Å²) in [6.45, 7) is 1.78. The topological polar surface area (TPSA) is 98.1 Å². The zero-order valence-corrected chi connectivity index (χ0v) is 16.9. The minimum absolute atomic E-state index is 0.00603. The highest BCUT2D eigenvalue weighted by Crippen LogP contribution is 2.33. The Kier molecular flexibility index (Phi) is 6.17. The maximum absolute atomic E-state index is 12.9.